The monoisotopic (exact) mass is 918 g/mol. The number of fused-ring (bicyclic) bond motifs is 10. The zero-order valence-electron chi connectivity index (χ0n) is 39.0. The van der Waals surface area contributed by atoms with Crippen LogP contribution in [-0.4, -0.2) is 28.2 Å². The van der Waals surface area contributed by atoms with E-state index >= 15 is 0 Å². The number of benzene rings is 8. The van der Waals surface area contributed by atoms with Gasteiger partial charge in [0.15, 0.2) is 0 Å². The van der Waals surface area contributed by atoms with Crippen molar-refractivity contribution in [1.29, 1.82) is 0 Å². The van der Waals surface area contributed by atoms with Crippen molar-refractivity contribution >= 4 is 65.9 Å². The first-order valence-corrected chi connectivity index (χ1v) is 24.8. The Balaban J connectivity index is 0.901. The van der Waals surface area contributed by atoms with Crippen molar-refractivity contribution in [3.05, 3.63) is 264 Å². The number of rotatable bonds is 6. The summed E-state index contributed by atoms with van der Waals surface area (Å²) < 4.78 is 9.59. The molecule has 0 radical (unpaired) electrons. The highest BCUT2D eigenvalue weighted by atomic mass is 15.1. The van der Waals surface area contributed by atoms with Crippen LogP contribution in [0.3, 0.4) is 0 Å². The highest BCUT2D eigenvalue weighted by molar-refractivity contribution is 6.11. The summed E-state index contributed by atoms with van der Waals surface area (Å²) in [5.41, 5.74) is 19.8. The van der Waals surface area contributed by atoms with Gasteiger partial charge in [-0.15, -0.1) is 0 Å². The molecule has 0 fully saturated rings. The molecule has 8 aromatic carbocycles. The smallest absolute Gasteiger partial charge is 0.145 e. The Morgan fingerprint density at radius 2 is 0.875 bits per heavy atom. The van der Waals surface area contributed by atoms with Crippen LogP contribution in [0, 0.1) is 5.92 Å². The molecule has 1 unspecified atom stereocenters. The molecule has 4 aliphatic carbocycles. The Morgan fingerprint density at radius 1 is 0.417 bits per heavy atom. The summed E-state index contributed by atoms with van der Waals surface area (Å²) >= 11 is 0. The third-order valence-corrected chi connectivity index (χ3v) is 15.5. The number of allylic oxidation sites excluding steroid dienone is 8. The summed E-state index contributed by atoms with van der Waals surface area (Å²) in [5, 5.41) is 7.15. The van der Waals surface area contributed by atoms with E-state index in [-0.39, 0.29) is 5.92 Å². The predicted molar refractivity (Wildman–Crippen MR) is 294 cm³/mol. The van der Waals surface area contributed by atoms with E-state index in [1.807, 2.05) is 0 Å². The van der Waals surface area contributed by atoms with Crippen LogP contribution >= 0.6 is 0 Å². The average Bonchev–Trinajstić information content (AvgIpc) is 4.23. The number of imidazole rings is 2. The Hall–Kier alpha value is -9.52. The summed E-state index contributed by atoms with van der Waals surface area (Å²) in [4.78, 5) is 11.5. The van der Waals surface area contributed by atoms with Crippen LogP contribution in [0.1, 0.15) is 17.8 Å². The molecule has 12 aromatic rings. The molecule has 4 aromatic heterocycles. The molecule has 4 aliphatic rings. The molecule has 4 heterocycles. The van der Waals surface area contributed by atoms with Gasteiger partial charge in [-0.05, 0) is 126 Å². The van der Waals surface area contributed by atoms with Crippen molar-refractivity contribution < 1.29 is 0 Å². The summed E-state index contributed by atoms with van der Waals surface area (Å²) in [6.45, 7) is 0. The lowest BCUT2D eigenvalue weighted by Gasteiger charge is -2.37. The number of nitrogens with zero attached hydrogens (tertiary/aromatic N) is 6. The van der Waals surface area contributed by atoms with E-state index in [9.17, 15) is 0 Å². The molecule has 6 heteroatoms. The molecular formula is C66H42N6. The van der Waals surface area contributed by atoms with E-state index in [2.05, 4.69) is 255 Å². The Bertz CT molecular complexity index is 4440. The minimum absolute atomic E-state index is 0.0146. The molecule has 1 atom stereocenters. The molecule has 0 saturated carbocycles. The number of hydrogen-bond donors (Lipinski definition) is 0. The van der Waals surface area contributed by atoms with Gasteiger partial charge in [0.05, 0.1) is 44.2 Å². The van der Waals surface area contributed by atoms with Gasteiger partial charge < -0.3 is 9.13 Å². The lowest BCUT2D eigenvalue weighted by molar-refractivity contribution is 0.942. The number of hydrogen-bond acceptors (Lipinski definition) is 2. The molecule has 0 amide bonds. The summed E-state index contributed by atoms with van der Waals surface area (Å²) in [5.74, 6) is 1.83. The topological polar surface area (TPSA) is 45.5 Å². The first-order valence-electron chi connectivity index (χ1n) is 24.8. The Morgan fingerprint density at radius 3 is 1.40 bits per heavy atom. The molecule has 72 heavy (non-hydrogen) atoms. The lowest BCUT2D eigenvalue weighted by atomic mass is 9.67. The maximum Gasteiger partial charge on any atom is 0.145 e. The maximum absolute atomic E-state index is 5.74. The number of para-hydroxylation sites is 6. The van der Waals surface area contributed by atoms with Gasteiger partial charge in [0.1, 0.15) is 11.6 Å². The lowest BCUT2D eigenvalue weighted by Crippen LogP contribution is -2.41. The fraction of sp³-hybridized carbons (Fsp3) is 0.0303. The van der Waals surface area contributed by atoms with Gasteiger partial charge in [0, 0.05) is 66.9 Å². The van der Waals surface area contributed by atoms with Crippen LogP contribution < -0.4 is 10.7 Å². The largest absolute Gasteiger partial charge is 0.309 e. The quantitative estimate of drug-likeness (QED) is 0.167. The van der Waals surface area contributed by atoms with E-state index in [1.165, 1.54) is 71.5 Å². The summed E-state index contributed by atoms with van der Waals surface area (Å²) in [6.07, 6.45) is 12.3. The van der Waals surface area contributed by atoms with Gasteiger partial charge in [-0.3, -0.25) is 9.13 Å². The molecule has 336 valence electrons. The molecule has 0 saturated heterocycles. The van der Waals surface area contributed by atoms with E-state index in [1.54, 1.807) is 0 Å². The van der Waals surface area contributed by atoms with Crippen LogP contribution in [0.2, 0.25) is 0 Å². The first kappa shape index (κ1) is 39.3. The van der Waals surface area contributed by atoms with Crippen LogP contribution in [0.15, 0.2) is 242 Å². The van der Waals surface area contributed by atoms with Gasteiger partial charge in [-0.1, -0.05) is 140 Å². The van der Waals surface area contributed by atoms with Gasteiger partial charge in [-0.25, -0.2) is 9.97 Å². The third-order valence-electron chi connectivity index (χ3n) is 15.5. The van der Waals surface area contributed by atoms with E-state index in [4.69, 9.17) is 9.97 Å². The highest BCUT2D eigenvalue weighted by Gasteiger charge is 2.43. The molecule has 0 spiro atoms. The van der Waals surface area contributed by atoms with E-state index in [0.717, 1.165) is 74.0 Å². The van der Waals surface area contributed by atoms with Gasteiger partial charge >= 0.3 is 0 Å². The number of aromatic nitrogens is 6. The Labute approximate surface area is 414 Å². The van der Waals surface area contributed by atoms with Crippen LogP contribution in [-0.2, 0) is 0 Å². The second-order valence-electron chi connectivity index (χ2n) is 19.2. The second-order valence-corrected chi connectivity index (χ2v) is 19.2. The normalized spacial score (nSPS) is 15.4. The average molecular weight is 919 g/mol. The van der Waals surface area contributed by atoms with Crippen LogP contribution in [0.5, 0.6) is 0 Å². The first-order chi connectivity index (χ1) is 35.8. The van der Waals surface area contributed by atoms with Crippen molar-refractivity contribution in [2.45, 2.75) is 6.42 Å². The maximum atomic E-state index is 5.74. The molecule has 0 N–H and O–H groups in total. The molecule has 16 rings (SSSR count). The third kappa shape index (κ3) is 5.43. The summed E-state index contributed by atoms with van der Waals surface area (Å²) in [7, 11) is 0. The summed E-state index contributed by atoms with van der Waals surface area (Å²) in [6, 6.07) is 74.3. The minimum Gasteiger partial charge on any atom is -0.309 e. The fourth-order valence-corrected chi connectivity index (χ4v) is 12.5. The second kappa shape index (κ2) is 15.0. The predicted octanol–water partition coefficient (Wildman–Crippen LogP) is 13.9. The molecule has 0 aliphatic heterocycles. The fourth-order valence-electron chi connectivity index (χ4n) is 12.5. The molecule has 0 bridgehead atoms. The molecule has 6 nitrogen and oxygen atoms in total. The zero-order chi connectivity index (χ0) is 47.0. The minimum atomic E-state index is -0.0146. The molecular weight excluding hydrogens is 877 g/mol. The van der Waals surface area contributed by atoms with Crippen molar-refractivity contribution in [1.82, 2.24) is 28.2 Å². The van der Waals surface area contributed by atoms with Gasteiger partial charge in [0.25, 0.3) is 0 Å². The zero-order valence-corrected chi connectivity index (χ0v) is 39.0. The van der Waals surface area contributed by atoms with Crippen molar-refractivity contribution in [3.8, 4) is 45.5 Å². The van der Waals surface area contributed by atoms with Crippen LogP contribution in [0.4, 0.5) is 0 Å². The standard InChI is InChI=1S/C66H42N6/c1-3-17-43(18-4-1)71-63-53-27-16-28-54-60(53)59-51(61(63)67-65(71)41-33-37-45(38-34-41)69-55-29-11-7-21-47(55)48-22-8-12-30-56(48)69)25-15-26-52(59)62-64(54)72(44-19-5-2-6-20-44)66(68-62)42-35-39-46(40-36-42)70-57-31-13-9-23-49(57)50-24-10-14-32-58(50)70/h1-27,29-40,59H,28H2. The van der Waals surface area contributed by atoms with Crippen LogP contribution in [0.25, 0.3) is 111 Å². The highest BCUT2D eigenvalue weighted by Crippen LogP contribution is 2.54. The van der Waals surface area contributed by atoms with Crippen molar-refractivity contribution in [2.24, 2.45) is 5.92 Å². The Kier molecular flexibility index (Phi) is 8.19. The van der Waals surface area contributed by atoms with E-state index < -0.39 is 0 Å². The van der Waals surface area contributed by atoms with Gasteiger partial charge in [-0.2, -0.15) is 0 Å². The SMILES string of the molecule is C1=CC2=c3nc(-c4ccc(-n5c6ccccc6c6ccccc65)cc4)n(-c4ccccc4)c3=C3C=CCC4=C3C2C(=C1)c1nc(-c2ccc(-n3c5ccccc5c5ccccc53)cc2)n(-c2ccccc2)c14. The van der Waals surface area contributed by atoms with Crippen molar-refractivity contribution in [3.63, 3.8) is 0 Å². The van der Waals surface area contributed by atoms with Gasteiger partial charge in [0.2, 0.25) is 0 Å². The van der Waals surface area contributed by atoms with Crippen molar-refractivity contribution in [2.75, 3.05) is 0 Å². The van der Waals surface area contributed by atoms with E-state index in [0.29, 0.717) is 0 Å².